The number of ether oxygens (including phenoxy) is 2. The number of para-hydroxylation sites is 2. The number of nitrogens with zero attached hydrogens (tertiary/aromatic N) is 2. The van der Waals surface area contributed by atoms with Crippen LogP contribution in [0.4, 0.5) is 17.3 Å². The molecule has 5 rings (SSSR count). The molecule has 0 atom stereocenters. The van der Waals surface area contributed by atoms with Gasteiger partial charge in [-0.15, -0.1) is 0 Å². The number of hydrogen-bond donors (Lipinski definition) is 2. The van der Waals surface area contributed by atoms with Gasteiger partial charge in [0.2, 0.25) is 6.79 Å². The molecule has 4 aromatic rings. The number of anilines is 3. The molecule has 2 N–H and O–H groups in total. The van der Waals surface area contributed by atoms with E-state index in [-0.39, 0.29) is 33.4 Å². The van der Waals surface area contributed by atoms with E-state index < -0.39 is 10.0 Å². The molecular formula is C21H14Cl2N4O4S. The SMILES string of the molecule is O=S(=O)(Nc1nc2ccccc2nc1Nc1ccc2c(c1)OCO2)c1cc(Cl)ccc1Cl. The number of nitrogens with one attached hydrogen (secondary N) is 2. The maximum absolute atomic E-state index is 13.1. The predicted octanol–water partition coefficient (Wildman–Crippen LogP) is 5.21. The lowest BCUT2D eigenvalue weighted by Crippen LogP contribution is -2.16. The molecule has 0 saturated carbocycles. The molecular weight excluding hydrogens is 475 g/mol. The Kier molecular flexibility index (Phi) is 5.16. The van der Waals surface area contributed by atoms with Crippen LogP contribution < -0.4 is 19.5 Å². The molecule has 11 heteroatoms. The number of sulfonamides is 1. The zero-order valence-corrected chi connectivity index (χ0v) is 18.5. The number of fused-ring (bicyclic) bond motifs is 2. The van der Waals surface area contributed by atoms with Gasteiger partial charge in [-0.25, -0.2) is 18.4 Å². The number of benzene rings is 3. The van der Waals surface area contributed by atoms with Crippen molar-refractivity contribution in [2.24, 2.45) is 0 Å². The second kappa shape index (κ2) is 8.01. The first-order valence-electron chi connectivity index (χ1n) is 9.30. The fourth-order valence-corrected chi connectivity index (χ4v) is 4.91. The highest BCUT2D eigenvalue weighted by Gasteiger charge is 2.22. The zero-order valence-electron chi connectivity index (χ0n) is 16.2. The Hall–Kier alpha value is -3.27. The van der Waals surface area contributed by atoms with E-state index in [1.54, 1.807) is 36.4 Å². The predicted molar refractivity (Wildman–Crippen MR) is 123 cm³/mol. The normalized spacial score (nSPS) is 12.7. The van der Waals surface area contributed by atoms with Crippen LogP contribution >= 0.6 is 23.2 Å². The second-order valence-electron chi connectivity index (χ2n) is 6.78. The van der Waals surface area contributed by atoms with E-state index in [4.69, 9.17) is 32.7 Å². The van der Waals surface area contributed by atoms with Crippen LogP contribution in [-0.4, -0.2) is 25.2 Å². The molecule has 0 fully saturated rings. The Morgan fingerprint density at radius 2 is 1.56 bits per heavy atom. The molecule has 162 valence electrons. The zero-order chi connectivity index (χ0) is 22.3. The maximum atomic E-state index is 13.1. The molecule has 0 saturated heterocycles. The smallest absolute Gasteiger partial charge is 0.264 e. The molecule has 3 aromatic carbocycles. The Morgan fingerprint density at radius 3 is 2.34 bits per heavy atom. The van der Waals surface area contributed by atoms with Crippen molar-refractivity contribution in [3.05, 3.63) is 70.7 Å². The van der Waals surface area contributed by atoms with Gasteiger partial charge in [-0.3, -0.25) is 4.72 Å². The van der Waals surface area contributed by atoms with Crippen molar-refractivity contribution in [1.29, 1.82) is 0 Å². The van der Waals surface area contributed by atoms with Crippen LogP contribution in [-0.2, 0) is 10.0 Å². The van der Waals surface area contributed by atoms with Gasteiger partial charge in [0.05, 0.1) is 16.1 Å². The van der Waals surface area contributed by atoms with Crippen molar-refractivity contribution in [2.75, 3.05) is 16.8 Å². The Balaban J connectivity index is 1.57. The van der Waals surface area contributed by atoms with Crippen LogP contribution in [0.1, 0.15) is 0 Å². The number of aromatic nitrogens is 2. The molecule has 8 nitrogen and oxygen atoms in total. The number of rotatable bonds is 5. The molecule has 0 spiro atoms. The first-order valence-corrected chi connectivity index (χ1v) is 11.5. The lowest BCUT2D eigenvalue weighted by atomic mass is 10.2. The average Bonchev–Trinajstić information content (AvgIpc) is 3.23. The van der Waals surface area contributed by atoms with Crippen LogP contribution in [0.3, 0.4) is 0 Å². The minimum absolute atomic E-state index is 0.00240. The minimum atomic E-state index is -4.11. The third-order valence-corrected chi connectivity index (χ3v) is 6.68. The molecule has 1 aliphatic heterocycles. The second-order valence-corrected chi connectivity index (χ2v) is 9.28. The van der Waals surface area contributed by atoms with Gasteiger partial charge in [-0.05, 0) is 42.5 Å². The van der Waals surface area contributed by atoms with Crippen LogP contribution in [0.5, 0.6) is 11.5 Å². The summed E-state index contributed by atoms with van der Waals surface area (Å²) in [6, 6.07) is 16.5. The van der Waals surface area contributed by atoms with Gasteiger partial charge in [-0.2, -0.15) is 0 Å². The first kappa shape index (κ1) is 20.6. The summed E-state index contributed by atoms with van der Waals surface area (Å²) in [7, 11) is -4.11. The molecule has 0 unspecified atom stereocenters. The van der Waals surface area contributed by atoms with Crippen molar-refractivity contribution in [3.8, 4) is 11.5 Å². The largest absolute Gasteiger partial charge is 0.454 e. The first-order chi connectivity index (χ1) is 15.4. The van der Waals surface area contributed by atoms with Crippen molar-refractivity contribution >= 4 is 61.6 Å². The number of halogens is 2. The Morgan fingerprint density at radius 1 is 0.844 bits per heavy atom. The minimum Gasteiger partial charge on any atom is -0.454 e. The quantitative estimate of drug-likeness (QED) is 0.397. The summed E-state index contributed by atoms with van der Waals surface area (Å²) >= 11 is 12.1. The fraction of sp³-hybridized carbons (Fsp3) is 0.0476. The third-order valence-electron chi connectivity index (χ3n) is 4.62. The molecule has 32 heavy (non-hydrogen) atoms. The summed E-state index contributed by atoms with van der Waals surface area (Å²) in [4.78, 5) is 8.84. The summed E-state index contributed by atoms with van der Waals surface area (Å²) in [5.41, 5.74) is 1.71. The highest BCUT2D eigenvalue weighted by Crippen LogP contribution is 2.36. The molecule has 1 aromatic heterocycles. The molecule has 1 aliphatic rings. The summed E-state index contributed by atoms with van der Waals surface area (Å²) in [5, 5.41) is 3.36. The number of hydrogen-bond acceptors (Lipinski definition) is 7. The highest BCUT2D eigenvalue weighted by molar-refractivity contribution is 7.92. The Labute approximate surface area is 193 Å². The Bertz CT molecular complexity index is 1460. The van der Waals surface area contributed by atoms with E-state index in [0.717, 1.165) is 0 Å². The lowest BCUT2D eigenvalue weighted by Gasteiger charge is -2.15. The summed E-state index contributed by atoms with van der Waals surface area (Å²) in [6.07, 6.45) is 0. The molecule has 0 bridgehead atoms. The van der Waals surface area contributed by atoms with Gasteiger partial charge in [-0.1, -0.05) is 35.3 Å². The van der Waals surface area contributed by atoms with E-state index in [9.17, 15) is 8.42 Å². The van der Waals surface area contributed by atoms with E-state index in [1.165, 1.54) is 18.2 Å². The van der Waals surface area contributed by atoms with Crippen molar-refractivity contribution in [2.45, 2.75) is 4.90 Å². The lowest BCUT2D eigenvalue weighted by molar-refractivity contribution is 0.174. The van der Waals surface area contributed by atoms with Crippen molar-refractivity contribution in [3.63, 3.8) is 0 Å². The summed E-state index contributed by atoms with van der Waals surface area (Å²) in [5.74, 6) is 1.38. The van der Waals surface area contributed by atoms with Crippen LogP contribution in [0.15, 0.2) is 65.6 Å². The van der Waals surface area contributed by atoms with Gasteiger partial charge in [0, 0.05) is 16.8 Å². The topological polar surface area (TPSA) is 102 Å². The van der Waals surface area contributed by atoms with Gasteiger partial charge >= 0.3 is 0 Å². The van der Waals surface area contributed by atoms with Crippen LogP contribution in [0.2, 0.25) is 10.0 Å². The maximum Gasteiger partial charge on any atom is 0.264 e. The van der Waals surface area contributed by atoms with E-state index in [1.807, 2.05) is 6.07 Å². The molecule has 0 amide bonds. The van der Waals surface area contributed by atoms with E-state index >= 15 is 0 Å². The van der Waals surface area contributed by atoms with E-state index in [2.05, 4.69) is 20.0 Å². The molecule has 0 aliphatic carbocycles. The molecule has 0 radical (unpaired) electrons. The van der Waals surface area contributed by atoms with Gasteiger partial charge in [0.1, 0.15) is 4.90 Å². The summed E-state index contributed by atoms with van der Waals surface area (Å²) in [6.45, 7) is 0.139. The van der Waals surface area contributed by atoms with E-state index in [0.29, 0.717) is 28.2 Å². The van der Waals surface area contributed by atoms with Gasteiger partial charge in [0.15, 0.2) is 23.1 Å². The van der Waals surface area contributed by atoms with Crippen LogP contribution in [0, 0.1) is 0 Å². The fourth-order valence-electron chi connectivity index (χ4n) is 3.13. The highest BCUT2D eigenvalue weighted by atomic mass is 35.5. The van der Waals surface area contributed by atoms with Crippen molar-refractivity contribution < 1.29 is 17.9 Å². The third kappa shape index (κ3) is 3.97. The van der Waals surface area contributed by atoms with Gasteiger partial charge in [0.25, 0.3) is 10.0 Å². The molecule has 2 heterocycles. The van der Waals surface area contributed by atoms with Crippen molar-refractivity contribution in [1.82, 2.24) is 9.97 Å². The van der Waals surface area contributed by atoms with Crippen LogP contribution in [0.25, 0.3) is 11.0 Å². The monoisotopic (exact) mass is 488 g/mol. The van der Waals surface area contributed by atoms with Gasteiger partial charge < -0.3 is 14.8 Å². The summed E-state index contributed by atoms with van der Waals surface area (Å²) < 4.78 is 39.4. The average molecular weight is 489 g/mol. The standard InChI is InChI=1S/C21H14Cl2N4O4S/c22-12-5-7-14(23)19(9-12)32(28,29)27-21-20(25-15-3-1-2-4-16(15)26-21)24-13-6-8-17-18(10-13)31-11-30-17/h1-10H,11H2,(H,24,25)(H,26,27).